The van der Waals surface area contributed by atoms with Crippen LogP contribution in [-0.4, -0.2) is 104 Å². The summed E-state index contributed by atoms with van der Waals surface area (Å²) in [4.78, 5) is 85.2. The molecule has 2 saturated heterocycles. The lowest BCUT2D eigenvalue weighted by Gasteiger charge is -2.29. The first kappa shape index (κ1) is 64.8. The van der Waals surface area contributed by atoms with Gasteiger partial charge in [0.25, 0.3) is 11.8 Å². The number of aliphatic carboxylic acids is 1. The highest BCUT2D eigenvalue weighted by Crippen LogP contribution is 2.32. The zero-order chi connectivity index (χ0) is 64.3. The number of carbonyl (C=O) groups is 6. The van der Waals surface area contributed by atoms with Crippen LogP contribution in [0.25, 0.3) is 21.5 Å². The van der Waals surface area contributed by atoms with Gasteiger partial charge in [-0.05, 0) is 203 Å². The molecule has 16 heteroatoms. The first-order valence-corrected chi connectivity index (χ1v) is 30.5. The van der Waals surface area contributed by atoms with Crippen LogP contribution in [-0.2, 0) is 62.9 Å². The summed E-state index contributed by atoms with van der Waals surface area (Å²) in [5.41, 5.74) is 2.68. The lowest BCUT2D eigenvalue weighted by atomic mass is 10.0. The lowest BCUT2D eigenvalue weighted by Crippen LogP contribution is -2.43. The monoisotopic (exact) mass is 1220 g/mol. The summed E-state index contributed by atoms with van der Waals surface area (Å²) in [6.45, 7) is 12.9. The van der Waals surface area contributed by atoms with Crippen LogP contribution in [0.4, 0.5) is 9.59 Å². The smallest absolute Gasteiger partial charge is 0.350 e. The molecule has 468 valence electrons. The van der Waals surface area contributed by atoms with Gasteiger partial charge < -0.3 is 38.6 Å². The van der Waals surface area contributed by atoms with E-state index in [4.69, 9.17) is 23.7 Å². The minimum Gasteiger partial charge on any atom is -0.497 e. The zero-order valence-corrected chi connectivity index (χ0v) is 52.8. The number of carboxylic acid groups (broad SMARTS) is 1. The molecule has 0 aromatic heterocycles. The minimum atomic E-state index is -1.33. The Kier molecular flexibility index (Phi) is 20.3. The number of nitrogens with zero attached hydrogens (tertiary/aromatic N) is 4. The Bertz CT molecular complexity index is 3840. The molecule has 2 unspecified atom stereocenters. The van der Waals surface area contributed by atoms with Gasteiger partial charge in [-0.15, -0.1) is 0 Å². The summed E-state index contributed by atoms with van der Waals surface area (Å²) in [6.07, 6.45) is 3.85. The van der Waals surface area contributed by atoms with Gasteiger partial charge in [-0.2, -0.15) is 0 Å². The van der Waals surface area contributed by atoms with Crippen molar-refractivity contribution in [2.45, 2.75) is 142 Å². The first-order chi connectivity index (χ1) is 43.0. The van der Waals surface area contributed by atoms with Crippen LogP contribution in [0, 0.1) is 0 Å². The number of aryl methyl sites for hydroxylation is 2. The lowest BCUT2D eigenvalue weighted by molar-refractivity contribution is -0.171. The molecule has 2 fully saturated rings. The molecule has 0 saturated carbocycles. The molecule has 1 N–H and O–H groups in total. The Morgan fingerprint density at radius 1 is 0.422 bits per heavy atom. The van der Waals surface area contributed by atoms with E-state index >= 15 is 0 Å². The van der Waals surface area contributed by atoms with Crippen LogP contribution in [0.2, 0.25) is 0 Å². The number of carboxylic acids is 1. The predicted octanol–water partition coefficient (Wildman–Crippen LogP) is 14.1. The SMILES string of the molecule is COc1ccc(CN2C(=O)N(Cc3ccc4ccccc4c3)C(=O)C2CCCc2ccc(OC(C)(C)C(=O)O)cc2)cc1.COc1ccc(CN2C(=O)N(Cc3ccc4ccccc4c3)C(=O)C2CCCc2ccc(OC(C)(C)C(=O)OC(C)(C)C)cc2)cc1. The van der Waals surface area contributed by atoms with Crippen molar-refractivity contribution in [3.63, 3.8) is 0 Å². The Morgan fingerprint density at radius 2 is 0.767 bits per heavy atom. The van der Waals surface area contributed by atoms with E-state index in [-0.39, 0.29) is 37.0 Å². The number of carbonyl (C=O) groups excluding carboxylic acids is 5. The van der Waals surface area contributed by atoms with Crippen molar-refractivity contribution in [2.24, 2.45) is 0 Å². The van der Waals surface area contributed by atoms with E-state index in [2.05, 4.69) is 0 Å². The maximum atomic E-state index is 13.8. The molecule has 0 bridgehead atoms. The van der Waals surface area contributed by atoms with Crippen molar-refractivity contribution >= 4 is 57.4 Å². The molecule has 90 heavy (non-hydrogen) atoms. The van der Waals surface area contributed by atoms with Gasteiger partial charge in [-0.25, -0.2) is 19.2 Å². The fraction of sp³-hybridized carbons (Fsp3) is 0.324. The van der Waals surface area contributed by atoms with Crippen LogP contribution in [0.1, 0.15) is 108 Å². The second-order valence-corrected chi connectivity index (χ2v) is 24.9. The predicted molar refractivity (Wildman–Crippen MR) is 346 cm³/mol. The third-order valence-electron chi connectivity index (χ3n) is 16.0. The molecule has 0 spiro atoms. The van der Waals surface area contributed by atoms with Crippen LogP contribution in [0.3, 0.4) is 0 Å². The average Bonchev–Trinajstić information content (AvgIpc) is 1.65. The summed E-state index contributed by atoms with van der Waals surface area (Å²) in [5.74, 6) is 0.664. The maximum Gasteiger partial charge on any atom is 0.350 e. The van der Waals surface area contributed by atoms with Crippen molar-refractivity contribution in [3.8, 4) is 23.0 Å². The van der Waals surface area contributed by atoms with Gasteiger partial charge in [0.1, 0.15) is 40.7 Å². The second-order valence-electron chi connectivity index (χ2n) is 24.9. The summed E-state index contributed by atoms with van der Waals surface area (Å²) in [6, 6.07) is 56.4. The number of methoxy groups -OCH3 is 2. The van der Waals surface area contributed by atoms with Gasteiger partial charge in [0.15, 0.2) is 11.2 Å². The maximum absolute atomic E-state index is 13.8. The number of hydrogen-bond donors (Lipinski definition) is 1. The average molecular weight is 1220 g/mol. The molecule has 0 aliphatic carbocycles. The quantitative estimate of drug-likeness (QED) is 0.0447. The second kappa shape index (κ2) is 28.2. The fourth-order valence-corrected chi connectivity index (χ4v) is 11.0. The normalized spacial score (nSPS) is 15.3. The van der Waals surface area contributed by atoms with E-state index in [1.807, 2.05) is 191 Å². The van der Waals surface area contributed by atoms with Crippen LogP contribution in [0.15, 0.2) is 182 Å². The molecule has 2 heterocycles. The molecule has 2 aliphatic heterocycles. The molecule has 2 atom stereocenters. The number of hydrogen-bond acceptors (Lipinski definition) is 11. The zero-order valence-electron chi connectivity index (χ0n) is 52.8. The molecule has 8 aromatic rings. The summed E-state index contributed by atoms with van der Waals surface area (Å²) < 4.78 is 27.6. The third-order valence-corrected chi connectivity index (χ3v) is 16.0. The number of ether oxygens (including phenoxy) is 5. The third kappa shape index (κ3) is 16.3. The fourth-order valence-electron chi connectivity index (χ4n) is 11.0. The molecule has 0 radical (unpaired) electrons. The Morgan fingerprint density at radius 3 is 1.13 bits per heavy atom. The highest BCUT2D eigenvalue weighted by molar-refractivity contribution is 6.05. The van der Waals surface area contributed by atoms with Gasteiger partial charge in [0.05, 0.1) is 27.3 Å². The van der Waals surface area contributed by atoms with Gasteiger partial charge >= 0.3 is 24.0 Å². The van der Waals surface area contributed by atoms with Crippen molar-refractivity contribution in [2.75, 3.05) is 14.2 Å². The number of urea groups is 2. The number of esters is 1. The summed E-state index contributed by atoms with van der Waals surface area (Å²) in [5, 5.41) is 13.7. The Labute approximate surface area is 526 Å². The number of benzene rings is 8. The van der Waals surface area contributed by atoms with E-state index in [1.54, 1.807) is 50.0 Å². The van der Waals surface area contributed by atoms with Crippen LogP contribution < -0.4 is 18.9 Å². The van der Waals surface area contributed by atoms with E-state index in [9.17, 15) is 33.9 Å². The standard InChI is InChI=1S/C39H44N2O6.C35H36N2O6/c1-38(2,3)47-36(43)39(4,5)46-33-22-15-27(16-23-33)10-9-13-34-35(42)41(26-29-14-19-30-11-7-8-12-31(30)24-29)37(44)40(34)25-28-17-20-32(45-6)21-18-28;1-35(2,33(39)40)43-30-19-12-24(13-20-30)7-6-10-31-32(38)37(23-26-11-16-27-8-4-5-9-28(27)21-26)34(41)36(31)22-25-14-17-29(42-3)18-15-25/h7-8,11-12,14-24,34H,9-10,13,25-26H2,1-6H3;4-5,8-9,11-21,31H,6-7,10,22-23H2,1-3H3,(H,39,40). The number of rotatable bonds is 24. The van der Waals surface area contributed by atoms with Gasteiger partial charge in [0, 0.05) is 13.1 Å². The molecule has 2 aliphatic rings. The molecule has 6 amide bonds. The Hall–Kier alpha value is -9.70. The van der Waals surface area contributed by atoms with E-state index < -0.39 is 40.8 Å². The highest BCUT2D eigenvalue weighted by Gasteiger charge is 2.46. The number of fused-ring (bicyclic) bond motifs is 2. The molecule has 10 rings (SSSR count). The van der Waals surface area contributed by atoms with Crippen molar-refractivity contribution < 1.29 is 57.6 Å². The van der Waals surface area contributed by atoms with Gasteiger partial charge in [-0.3, -0.25) is 19.4 Å². The summed E-state index contributed by atoms with van der Waals surface area (Å²) in [7, 11) is 3.22. The number of amides is 6. The van der Waals surface area contributed by atoms with Crippen LogP contribution in [0.5, 0.6) is 23.0 Å². The first-order valence-electron chi connectivity index (χ1n) is 30.5. The molecule has 16 nitrogen and oxygen atoms in total. The van der Waals surface area contributed by atoms with Crippen molar-refractivity contribution in [3.05, 3.63) is 215 Å². The summed E-state index contributed by atoms with van der Waals surface area (Å²) >= 11 is 0. The van der Waals surface area contributed by atoms with Crippen molar-refractivity contribution in [1.29, 1.82) is 0 Å². The van der Waals surface area contributed by atoms with Gasteiger partial charge in [-0.1, -0.05) is 121 Å². The minimum absolute atomic E-state index is 0.176. The van der Waals surface area contributed by atoms with Crippen molar-refractivity contribution in [1.82, 2.24) is 19.6 Å². The highest BCUT2D eigenvalue weighted by atomic mass is 16.6. The number of imide groups is 2. The largest absolute Gasteiger partial charge is 0.497 e. The Balaban J connectivity index is 0.000000214. The topological polar surface area (TPSA) is 182 Å². The van der Waals surface area contributed by atoms with Crippen LogP contribution >= 0.6 is 0 Å². The molecule has 8 aromatic carbocycles. The van der Waals surface area contributed by atoms with E-state index in [0.717, 1.165) is 72.8 Å². The van der Waals surface area contributed by atoms with Gasteiger partial charge in [0.2, 0.25) is 0 Å². The van der Waals surface area contributed by atoms with E-state index in [1.165, 1.54) is 23.6 Å². The molecular formula is C74H80N4O12. The molecular weight excluding hydrogens is 1140 g/mol. The van der Waals surface area contributed by atoms with E-state index in [0.29, 0.717) is 56.7 Å².